The van der Waals surface area contributed by atoms with E-state index in [0.717, 1.165) is 43.8 Å². The summed E-state index contributed by atoms with van der Waals surface area (Å²) in [6.07, 6.45) is 2.90. The highest BCUT2D eigenvalue weighted by Gasteiger charge is 2.18. The summed E-state index contributed by atoms with van der Waals surface area (Å²) < 4.78 is 5.56. The van der Waals surface area contributed by atoms with Crippen molar-refractivity contribution in [3.8, 4) is 5.75 Å². The van der Waals surface area contributed by atoms with Crippen molar-refractivity contribution in [2.24, 2.45) is 5.73 Å². The number of nitrogens with two attached hydrogens (primary N) is 1. The molecule has 0 saturated carbocycles. The maximum absolute atomic E-state index is 12.1. The topological polar surface area (TPSA) is 67.6 Å². The molecule has 1 fully saturated rings. The van der Waals surface area contributed by atoms with Gasteiger partial charge in [-0.2, -0.15) is 0 Å². The van der Waals surface area contributed by atoms with Gasteiger partial charge in [0, 0.05) is 30.9 Å². The quantitative estimate of drug-likeness (QED) is 0.839. The molecule has 0 bridgehead atoms. The van der Waals surface area contributed by atoms with Crippen LogP contribution in [0, 0.1) is 0 Å². The number of anilines is 1. The van der Waals surface area contributed by atoms with Crippen LogP contribution < -0.4 is 15.8 Å². The second-order valence-corrected chi connectivity index (χ2v) is 5.54. The molecule has 0 aromatic heterocycles. The number of carbonyl (C=O) groups is 1. The van der Waals surface area contributed by atoms with E-state index < -0.39 is 0 Å². The SMILES string of the molecule is CCCOc1cccc(NC(=O)CN2CCC(N)CC2)c1. The van der Waals surface area contributed by atoms with Gasteiger partial charge in [0.15, 0.2) is 0 Å². The predicted molar refractivity (Wildman–Crippen MR) is 84.5 cm³/mol. The third-order valence-corrected chi connectivity index (χ3v) is 3.59. The number of hydrogen-bond donors (Lipinski definition) is 2. The smallest absolute Gasteiger partial charge is 0.238 e. The molecular weight excluding hydrogens is 266 g/mol. The fourth-order valence-electron chi connectivity index (χ4n) is 2.40. The lowest BCUT2D eigenvalue weighted by molar-refractivity contribution is -0.117. The first-order chi connectivity index (χ1) is 10.2. The van der Waals surface area contributed by atoms with E-state index in [1.165, 1.54) is 0 Å². The number of rotatable bonds is 6. The fourth-order valence-corrected chi connectivity index (χ4v) is 2.40. The van der Waals surface area contributed by atoms with Gasteiger partial charge >= 0.3 is 0 Å². The number of amides is 1. The molecule has 2 rings (SSSR count). The minimum absolute atomic E-state index is 0.0121. The number of piperidine rings is 1. The summed E-state index contributed by atoms with van der Waals surface area (Å²) in [7, 11) is 0. The number of likely N-dealkylation sites (tertiary alicyclic amines) is 1. The van der Waals surface area contributed by atoms with Crippen LogP contribution in [0.2, 0.25) is 0 Å². The molecule has 1 amide bonds. The van der Waals surface area contributed by atoms with Crippen molar-refractivity contribution in [2.75, 3.05) is 31.6 Å². The summed E-state index contributed by atoms with van der Waals surface area (Å²) in [4.78, 5) is 14.2. The zero-order chi connectivity index (χ0) is 15.1. The molecule has 21 heavy (non-hydrogen) atoms. The van der Waals surface area contributed by atoms with Gasteiger partial charge in [-0.1, -0.05) is 13.0 Å². The highest BCUT2D eigenvalue weighted by molar-refractivity contribution is 5.92. The third kappa shape index (κ3) is 5.36. The Bertz CT molecular complexity index is 457. The monoisotopic (exact) mass is 291 g/mol. The zero-order valence-electron chi connectivity index (χ0n) is 12.7. The molecule has 0 radical (unpaired) electrons. The summed E-state index contributed by atoms with van der Waals surface area (Å²) >= 11 is 0. The Balaban J connectivity index is 1.81. The Hall–Kier alpha value is -1.59. The second kappa shape index (κ2) is 8.00. The maximum atomic E-state index is 12.1. The van der Waals surface area contributed by atoms with Gasteiger partial charge in [0.05, 0.1) is 13.2 Å². The second-order valence-electron chi connectivity index (χ2n) is 5.54. The van der Waals surface area contributed by atoms with E-state index in [1.54, 1.807) is 0 Å². The molecule has 0 spiro atoms. The molecule has 1 aromatic carbocycles. The third-order valence-electron chi connectivity index (χ3n) is 3.59. The largest absolute Gasteiger partial charge is 0.494 e. The molecule has 0 atom stereocenters. The number of ether oxygens (including phenoxy) is 1. The minimum atomic E-state index is 0.0121. The molecule has 1 saturated heterocycles. The van der Waals surface area contributed by atoms with Crippen molar-refractivity contribution in [2.45, 2.75) is 32.2 Å². The lowest BCUT2D eigenvalue weighted by atomic mass is 10.1. The molecule has 1 heterocycles. The van der Waals surface area contributed by atoms with E-state index in [0.29, 0.717) is 13.2 Å². The van der Waals surface area contributed by atoms with E-state index in [-0.39, 0.29) is 11.9 Å². The van der Waals surface area contributed by atoms with Crippen molar-refractivity contribution in [1.29, 1.82) is 0 Å². The molecule has 1 aromatic rings. The van der Waals surface area contributed by atoms with Crippen molar-refractivity contribution >= 4 is 11.6 Å². The van der Waals surface area contributed by atoms with Crippen molar-refractivity contribution in [1.82, 2.24) is 4.90 Å². The standard InChI is InChI=1S/C16H25N3O2/c1-2-10-21-15-5-3-4-14(11-15)18-16(20)12-19-8-6-13(17)7-9-19/h3-5,11,13H,2,6-10,12,17H2,1H3,(H,18,20). The van der Waals surface area contributed by atoms with Gasteiger partial charge in [-0.3, -0.25) is 9.69 Å². The van der Waals surface area contributed by atoms with E-state index in [1.807, 2.05) is 24.3 Å². The summed E-state index contributed by atoms with van der Waals surface area (Å²) in [5.41, 5.74) is 6.65. The lowest BCUT2D eigenvalue weighted by Crippen LogP contribution is -2.43. The molecule has 5 heteroatoms. The summed E-state index contributed by atoms with van der Waals surface area (Å²) in [6.45, 7) is 4.97. The van der Waals surface area contributed by atoms with Crippen molar-refractivity contribution in [3.05, 3.63) is 24.3 Å². The van der Waals surface area contributed by atoms with Gasteiger partial charge < -0.3 is 15.8 Å². The van der Waals surface area contributed by atoms with Crippen molar-refractivity contribution < 1.29 is 9.53 Å². The van der Waals surface area contributed by atoms with Crippen LogP contribution in [0.25, 0.3) is 0 Å². The average molecular weight is 291 g/mol. The van der Waals surface area contributed by atoms with Gasteiger partial charge in [-0.25, -0.2) is 0 Å². The van der Waals surface area contributed by atoms with Crippen LogP contribution in [0.5, 0.6) is 5.75 Å². The van der Waals surface area contributed by atoms with E-state index in [9.17, 15) is 4.79 Å². The Morgan fingerprint density at radius 1 is 1.43 bits per heavy atom. The van der Waals surface area contributed by atoms with Crippen LogP contribution in [0.1, 0.15) is 26.2 Å². The number of benzene rings is 1. The summed E-state index contributed by atoms with van der Waals surface area (Å²) in [5, 5.41) is 2.93. The Kier molecular flexibility index (Phi) is 6.02. The minimum Gasteiger partial charge on any atom is -0.494 e. The van der Waals surface area contributed by atoms with Gasteiger partial charge in [0.2, 0.25) is 5.91 Å². The highest BCUT2D eigenvalue weighted by Crippen LogP contribution is 2.17. The molecule has 1 aliphatic rings. The number of nitrogens with zero attached hydrogens (tertiary/aromatic N) is 1. The van der Waals surface area contributed by atoms with Gasteiger partial charge in [0.1, 0.15) is 5.75 Å². The first-order valence-corrected chi connectivity index (χ1v) is 7.68. The van der Waals surface area contributed by atoms with Crippen LogP contribution in [0.15, 0.2) is 24.3 Å². The molecular formula is C16H25N3O2. The molecule has 0 aliphatic carbocycles. The average Bonchev–Trinajstić information content (AvgIpc) is 2.48. The molecule has 3 N–H and O–H groups in total. The van der Waals surface area contributed by atoms with Crippen LogP contribution in [0.4, 0.5) is 5.69 Å². The lowest BCUT2D eigenvalue weighted by Gasteiger charge is -2.29. The number of carbonyl (C=O) groups excluding carboxylic acids is 1. The Morgan fingerprint density at radius 2 is 2.19 bits per heavy atom. The van der Waals surface area contributed by atoms with E-state index in [4.69, 9.17) is 10.5 Å². The molecule has 0 unspecified atom stereocenters. The predicted octanol–water partition coefficient (Wildman–Crippen LogP) is 1.84. The Labute approximate surface area is 126 Å². The number of hydrogen-bond acceptors (Lipinski definition) is 4. The van der Waals surface area contributed by atoms with Crippen LogP contribution >= 0.6 is 0 Å². The first-order valence-electron chi connectivity index (χ1n) is 7.68. The number of nitrogens with one attached hydrogen (secondary N) is 1. The molecule has 1 aliphatic heterocycles. The highest BCUT2D eigenvalue weighted by atomic mass is 16.5. The first kappa shape index (κ1) is 15.8. The zero-order valence-corrected chi connectivity index (χ0v) is 12.7. The van der Waals surface area contributed by atoms with E-state index in [2.05, 4.69) is 17.1 Å². The van der Waals surface area contributed by atoms with Gasteiger partial charge in [-0.15, -0.1) is 0 Å². The summed E-state index contributed by atoms with van der Waals surface area (Å²) in [5.74, 6) is 0.803. The molecule has 5 nitrogen and oxygen atoms in total. The molecule has 116 valence electrons. The normalized spacial score (nSPS) is 16.7. The van der Waals surface area contributed by atoms with Gasteiger partial charge in [0.25, 0.3) is 0 Å². The van der Waals surface area contributed by atoms with Crippen LogP contribution in [0.3, 0.4) is 0 Å². The van der Waals surface area contributed by atoms with E-state index >= 15 is 0 Å². The summed E-state index contributed by atoms with van der Waals surface area (Å²) in [6, 6.07) is 7.82. The fraction of sp³-hybridized carbons (Fsp3) is 0.562. The maximum Gasteiger partial charge on any atom is 0.238 e. The van der Waals surface area contributed by atoms with Crippen LogP contribution in [-0.4, -0.2) is 43.1 Å². The van der Waals surface area contributed by atoms with Crippen LogP contribution in [-0.2, 0) is 4.79 Å². The van der Waals surface area contributed by atoms with Crippen molar-refractivity contribution in [3.63, 3.8) is 0 Å². The Morgan fingerprint density at radius 3 is 2.90 bits per heavy atom. The van der Waals surface area contributed by atoms with Gasteiger partial charge in [-0.05, 0) is 31.4 Å².